The predicted molar refractivity (Wildman–Crippen MR) is 77.9 cm³/mol. The first-order valence-corrected chi connectivity index (χ1v) is 6.79. The summed E-state index contributed by atoms with van der Waals surface area (Å²) >= 11 is 3.48. The normalized spacial score (nSPS) is 11.8. The standard InChI is InChI=1S/C13H12BrN3O3/c14-11(9-4-2-1-3-5-9)8-16-13(18)12-6-10(7-15-12)17(19)20/h1-7,11,15H,8H2,(H,16,18). The lowest BCUT2D eigenvalue weighted by atomic mass is 10.1. The second-order valence-corrected chi connectivity index (χ2v) is 5.22. The van der Waals surface area contributed by atoms with Gasteiger partial charge in [-0.25, -0.2) is 0 Å². The number of alkyl halides is 1. The third-order valence-corrected chi connectivity index (χ3v) is 3.58. The van der Waals surface area contributed by atoms with Crippen LogP contribution in [0.4, 0.5) is 5.69 Å². The van der Waals surface area contributed by atoms with Crippen LogP contribution in [-0.2, 0) is 0 Å². The van der Waals surface area contributed by atoms with Gasteiger partial charge in [0.05, 0.1) is 15.9 Å². The van der Waals surface area contributed by atoms with E-state index >= 15 is 0 Å². The van der Waals surface area contributed by atoms with Gasteiger partial charge in [-0.15, -0.1) is 0 Å². The first-order chi connectivity index (χ1) is 9.58. The van der Waals surface area contributed by atoms with Gasteiger partial charge >= 0.3 is 0 Å². The molecular formula is C13H12BrN3O3. The van der Waals surface area contributed by atoms with Gasteiger partial charge < -0.3 is 10.3 Å². The first-order valence-electron chi connectivity index (χ1n) is 5.88. The van der Waals surface area contributed by atoms with Crippen LogP contribution in [0, 0.1) is 10.1 Å². The number of hydrogen-bond donors (Lipinski definition) is 2. The fourth-order valence-electron chi connectivity index (χ4n) is 1.68. The van der Waals surface area contributed by atoms with E-state index in [-0.39, 0.29) is 22.1 Å². The van der Waals surface area contributed by atoms with Crippen LogP contribution in [0.15, 0.2) is 42.6 Å². The zero-order valence-electron chi connectivity index (χ0n) is 10.4. The van der Waals surface area contributed by atoms with E-state index in [1.807, 2.05) is 30.3 Å². The Labute approximate surface area is 123 Å². The summed E-state index contributed by atoms with van der Waals surface area (Å²) in [6.45, 7) is 0.385. The highest BCUT2D eigenvalue weighted by atomic mass is 79.9. The SMILES string of the molecule is O=C(NCC(Br)c1ccccc1)c1cc([N+](=O)[O-])c[nH]1. The molecule has 1 heterocycles. The molecule has 1 aromatic carbocycles. The zero-order valence-corrected chi connectivity index (χ0v) is 12.0. The Hall–Kier alpha value is -2.15. The van der Waals surface area contributed by atoms with Gasteiger partial charge in [-0.3, -0.25) is 14.9 Å². The van der Waals surface area contributed by atoms with Gasteiger partial charge in [-0.1, -0.05) is 46.3 Å². The van der Waals surface area contributed by atoms with Crippen LogP contribution < -0.4 is 5.32 Å². The zero-order chi connectivity index (χ0) is 14.5. The number of hydrogen-bond acceptors (Lipinski definition) is 3. The summed E-state index contributed by atoms with van der Waals surface area (Å²) in [5.41, 5.74) is 1.09. The van der Waals surface area contributed by atoms with Crippen molar-refractivity contribution in [1.29, 1.82) is 0 Å². The second-order valence-electron chi connectivity index (χ2n) is 4.12. The molecule has 0 radical (unpaired) electrons. The average Bonchev–Trinajstić information content (AvgIpc) is 2.95. The molecule has 1 atom stereocenters. The van der Waals surface area contributed by atoms with Crippen molar-refractivity contribution in [3.8, 4) is 0 Å². The number of halogens is 1. The number of carbonyl (C=O) groups is 1. The van der Waals surface area contributed by atoms with Gasteiger partial charge in [0.15, 0.2) is 0 Å². The molecule has 1 aromatic heterocycles. The van der Waals surface area contributed by atoms with Gasteiger partial charge in [0.1, 0.15) is 5.69 Å². The minimum atomic E-state index is -0.551. The molecular weight excluding hydrogens is 326 g/mol. The maximum Gasteiger partial charge on any atom is 0.287 e. The van der Waals surface area contributed by atoms with Crippen molar-refractivity contribution >= 4 is 27.5 Å². The molecule has 20 heavy (non-hydrogen) atoms. The maximum atomic E-state index is 11.8. The molecule has 0 bridgehead atoms. The Kier molecular flexibility index (Phi) is 4.52. The fraction of sp³-hybridized carbons (Fsp3) is 0.154. The van der Waals surface area contributed by atoms with E-state index in [1.165, 1.54) is 12.3 Å². The van der Waals surface area contributed by atoms with Crippen molar-refractivity contribution in [1.82, 2.24) is 10.3 Å². The Bertz CT molecular complexity index is 612. The van der Waals surface area contributed by atoms with Gasteiger partial charge in [0, 0.05) is 12.6 Å². The minimum absolute atomic E-state index is 0.0161. The van der Waals surface area contributed by atoms with Gasteiger partial charge in [-0.2, -0.15) is 0 Å². The van der Waals surface area contributed by atoms with Crippen molar-refractivity contribution in [2.24, 2.45) is 0 Å². The summed E-state index contributed by atoms with van der Waals surface area (Å²) in [6, 6.07) is 10.9. The first kappa shape index (κ1) is 14.3. The average molecular weight is 338 g/mol. The van der Waals surface area contributed by atoms with E-state index in [4.69, 9.17) is 0 Å². The van der Waals surface area contributed by atoms with Gasteiger partial charge in [0.2, 0.25) is 0 Å². The van der Waals surface area contributed by atoms with Crippen LogP contribution in [0.25, 0.3) is 0 Å². The number of aromatic nitrogens is 1. The topological polar surface area (TPSA) is 88.0 Å². The molecule has 0 saturated carbocycles. The Morgan fingerprint density at radius 1 is 1.40 bits per heavy atom. The molecule has 1 amide bonds. The number of benzene rings is 1. The lowest BCUT2D eigenvalue weighted by Crippen LogP contribution is -2.26. The van der Waals surface area contributed by atoms with Crippen molar-refractivity contribution in [2.75, 3.05) is 6.54 Å². The lowest BCUT2D eigenvalue weighted by molar-refractivity contribution is -0.384. The summed E-state index contributed by atoms with van der Waals surface area (Å²) in [7, 11) is 0. The number of carbonyl (C=O) groups excluding carboxylic acids is 1. The number of nitro groups is 1. The smallest absolute Gasteiger partial charge is 0.287 e. The van der Waals surface area contributed by atoms with E-state index in [1.54, 1.807) is 0 Å². The molecule has 0 fully saturated rings. The lowest BCUT2D eigenvalue weighted by Gasteiger charge is -2.10. The molecule has 7 heteroatoms. The van der Waals surface area contributed by atoms with Crippen molar-refractivity contribution in [3.05, 3.63) is 64.0 Å². The van der Waals surface area contributed by atoms with E-state index in [0.717, 1.165) is 5.56 Å². The fourth-order valence-corrected chi connectivity index (χ4v) is 2.14. The Morgan fingerprint density at radius 3 is 2.70 bits per heavy atom. The third-order valence-electron chi connectivity index (χ3n) is 2.73. The number of aromatic amines is 1. The molecule has 2 rings (SSSR count). The molecule has 0 aliphatic heterocycles. The number of nitrogens with one attached hydrogen (secondary N) is 2. The summed E-state index contributed by atoms with van der Waals surface area (Å²) in [4.78, 5) is 24.4. The molecule has 0 spiro atoms. The largest absolute Gasteiger partial charge is 0.351 e. The molecule has 0 aliphatic carbocycles. The van der Waals surface area contributed by atoms with Crippen LogP contribution in [0.3, 0.4) is 0 Å². The molecule has 0 saturated heterocycles. The highest BCUT2D eigenvalue weighted by Crippen LogP contribution is 2.21. The molecule has 6 nitrogen and oxygen atoms in total. The van der Waals surface area contributed by atoms with Crippen molar-refractivity contribution in [3.63, 3.8) is 0 Å². The van der Waals surface area contributed by atoms with Crippen LogP contribution >= 0.6 is 15.9 Å². The monoisotopic (exact) mass is 337 g/mol. The number of nitrogens with zero attached hydrogens (tertiary/aromatic N) is 1. The van der Waals surface area contributed by atoms with E-state index in [2.05, 4.69) is 26.2 Å². The maximum absolute atomic E-state index is 11.8. The van der Waals surface area contributed by atoms with Crippen LogP contribution in [-0.4, -0.2) is 22.4 Å². The molecule has 0 aliphatic rings. The summed E-state index contributed by atoms with van der Waals surface area (Å²) in [6.07, 6.45) is 1.19. The molecule has 2 aromatic rings. The van der Waals surface area contributed by atoms with E-state index in [0.29, 0.717) is 6.54 Å². The van der Waals surface area contributed by atoms with Gasteiger partial charge in [-0.05, 0) is 5.56 Å². The van der Waals surface area contributed by atoms with Crippen LogP contribution in [0.1, 0.15) is 20.9 Å². The van der Waals surface area contributed by atoms with Crippen LogP contribution in [0.2, 0.25) is 0 Å². The number of amides is 1. The third kappa shape index (κ3) is 3.45. The minimum Gasteiger partial charge on any atom is -0.351 e. The quantitative estimate of drug-likeness (QED) is 0.499. The van der Waals surface area contributed by atoms with Crippen LogP contribution in [0.5, 0.6) is 0 Å². The second kappa shape index (κ2) is 6.33. The van der Waals surface area contributed by atoms with E-state index in [9.17, 15) is 14.9 Å². The van der Waals surface area contributed by atoms with Crippen molar-refractivity contribution in [2.45, 2.75) is 4.83 Å². The number of H-pyrrole nitrogens is 1. The molecule has 1 unspecified atom stereocenters. The highest BCUT2D eigenvalue weighted by molar-refractivity contribution is 9.09. The van der Waals surface area contributed by atoms with Gasteiger partial charge in [0.25, 0.3) is 11.6 Å². The summed E-state index contributed by atoms with van der Waals surface area (Å²) in [5, 5.41) is 13.2. The summed E-state index contributed by atoms with van der Waals surface area (Å²) in [5.74, 6) is -0.376. The van der Waals surface area contributed by atoms with Crippen molar-refractivity contribution < 1.29 is 9.72 Å². The van der Waals surface area contributed by atoms with E-state index < -0.39 is 4.92 Å². The predicted octanol–water partition coefficient (Wildman–Crippen LogP) is 2.79. The molecule has 104 valence electrons. The summed E-state index contributed by atoms with van der Waals surface area (Å²) < 4.78 is 0. The number of rotatable bonds is 5. The molecule has 2 N–H and O–H groups in total. The Morgan fingerprint density at radius 2 is 2.10 bits per heavy atom. The highest BCUT2D eigenvalue weighted by Gasteiger charge is 2.15. The Balaban J connectivity index is 1.93.